The van der Waals surface area contributed by atoms with Gasteiger partial charge in [0.15, 0.2) is 0 Å². The fourth-order valence-electron chi connectivity index (χ4n) is 1.64. The average Bonchev–Trinajstić information content (AvgIpc) is 2.68. The lowest BCUT2D eigenvalue weighted by molar-refractivity contribution is 0.215. The van der Waals surface area contributed by atoms with E-state index in [0.29, 0.717) is 5.92 Å². The van der Waals surface area contributed by atoms with Gasteiger partial charge in [0.2, 0.25) is 0 Å². The van der Waals surface area contributed by atoms with Gasteiger partial charge in [-0.2, -0.15) is 0 Å². The van der Waals surface area contributed by atoms with Gasteiger partial charge in [-0.1, -0.05) is 13.8 Å². The standard InChI is InChI=1S/C11H20N2OS/c1-8(2)6-10(7-14)13-9(3)11-12-4-5-15-11/h4-5,8-10,13-14H,6-7H2,1-3H3/t9-,10+/m1/s1. The SMILES string of the molecule is CC(C)C[C@@H](CO)N[C@H](C)c1nccs1. The molecule has 1 rings (SSSR count). The van der Waals surface area contributed by atoms with Crippen molar-refractivity contribution in [2.75, 3.05) is 6.61 Å². The van der Waals surface area contributed by atoms with Crippen LogP contribution in [0.1, 0.15) is 38.2 Å². The third-order valence-electron chi connectivity index (χ3n) is 2.28. The van der Waals surface area contributed by atoms with Crippen LogP contribution in [-0.4, -0.2) is 22.7 Å². The van der Waals surface area contributed by atoms with Crippen LogP contribution in [0.5, 0.6) is 0 Å². The van der Waals surface area contributed by atoms with Crippen LogP contribution in [0.2, 0.25) is 0 Å². The summed E-state index contributed by atoms with van der Waals surface area (Å²) in [5.41, 5.74) is 0. The van der Waals surface area contributed by atoms with E-state index in [-0.39, 0.29) is 18.7 Å². The first-order valence-electron chi connectivity index (χ1n) is 5.39. The largest absolute Gasteiger partial charge is 0.395 e. The zero-order valence-corrected chi connectivity index (χ0v) is 10.4. The summed E-state index contributed by atoms with van der Waals surface area (Å²) in [7, 11) is 0. The molecule has 0 aliphatic carbocycles. The summed E-state index contributed by atoms with van der Waals surface area (Å²) < 4.78 is 0. The number of thiazole rings is 1. The highest BCUT2D eigenvalue weighted by Crippen LogP contribution is 2.16. The second-order valence-corrected chi connectivity index (χ2v) is 5.19. The predicted octanol–water partition coefficient (Wildman–Crippen LogP) is 2.20. The molecule has 0 saturated heterocycles. The van der Waals surface area contributed by atoms with Crippen LogP contribution in [-0.2, 0) is 0 Å². The monoisotopic (exact) mass is 228 g/mol. The minimum atomic E-state index is 0.170. The van der Waals surface area contributed by atoms with Gasteiger partial charge < -0.3 is 10.4 Å². The molecule has 0 radical (unpaired) electrons. The Kier molecular flexibility index (Phi) is 5.22. The summed E-state index contributed by atoms with van der Waals surface area (Å²) in [5.74, 6) is 0.596. The van der Waals surface area contributed by atoms with Crippen molar-refractivity contribution >= 4 is 11.3 Å². The highest BCUT2D eigenvalue weighted by atomic mass is 32.1. The van der Waals surface area contributed by atoms with Crippen LogP contribution >= 0.6 is 11.3 Å². The van der Waals surface area contributed by atoms with Gasteiger partial charge in [0, 0.05) is 17.6 Å². The molecule has 0 amide bonds. The molecule has 1 heterocycles. The lowest BCUT2D eigenvalue weighted by Crippen LogP contribution is -2.35. The summed E-state index contributed by atoms with van der Waals surface area (Å²) in [4.78, 5) is 4.26. The Morgan fingerprint density at radius 3 is 2.67 bits per heavy atom. The van der Waals surface area contributed by atoms with Gasteiger partial charge in [0.1, 0.15) is 5.01 Å². The number of nitrogens with one attached hydrogen (secondary N) is 1. The van der Waals surface area contributed by atoms with Crippen molar-refractivity contribution in [1.82, 2.24) is 10.3 Å². The van der Waals surface area contributed by atoms with Crippen molar-refractivity contribution in [2.45, 2.75) is 39.3 Å². The predicted molar refractivity (Wildman–Crippen MR) is 64.0 cm³/mol. The Bertz CT molecular complexity index is 262. The van der Waals surface area contributed by atoms with Gasteiger partial charge in [-0.3, -0.25) is 0 Å². The molecule has 0 unspecified atom stereocenters. The molecule has 0 fully saturated rings. The molecular formula is C11H20N2OS. The zero-order chi connectivity index (χ0) is 11.3. The van der Waals surface area contributed by atoms with E-state index in [0.717, 1.165) is 11.4 Å². The Balaban J connectivity index is 2.44. The van der Waals surface area contributed by atoms with Crippen LogP contribution in [0.25, 0.3) is 0 Å². The molecule has 1 aromatic rings. The maximum absolute atomic E-state index is 9.24. The van der Waals surface area contributed by atoms with Crippen molar-refractivity contribution < 1.29 is 5.11 Å². The lowest BCUT2D eigenvalue weighted by atomic mass is 10.0. The summed E-state index contributed by atoms with van der Waals surface area (Å²) >= 11 is 1.65. The van der Waals surface area contributed by atoms with Gasteiger partial charge >= 0.3 is 0 Å². The first-order valence-corrected chi connectivity index (χ1v) is 6.27. The molecular weight excluding hydrogens is 208 g/mol. The zero-order valence-electron chi connectivity index (χ0n) is 9.60. The molecule has 86 valence electrons. The minimum absolute atomic E-state index is 0.170. The number of rotatable bonds is 6. The molecule has 2 N–H and O–H groups in total. The Labute approximate surface area is 95.6 Å². The minimum Gasteiger partial charge on any atom is -0.395 e. The van der Waals surface area contributed by atoms with Crippen LogP contribution < -0.4 is 5.32 Å². The molecule has 2 atom stereocenters. The van der Waals surface area contributed by atoms with Gasteiger partial charge in [0.25, 0.3) is 0 Å². The molecule has 15 heavy (non-hydrogen) atoms. The smallest absolute Gasteiger partial charge is 0.109 e. The second-order valence-electron chi connectivity index (χ2n) is 4.27. The Morgan fingerprint density at radius 1 is 1.47 bits per heavy atom. The molecule has 0 aromatic carbocycles. The van der Waals surface area contributed by atoms with E-state index < -0.39 is 0 Å². The van der Waals surface area contributed by atoms with Crippen LogP contribution in [0, 0.1) is 5.92 Å². The number of hydrogen-bond acceptors (Lipinski definition) is 4. The van der Waals surface area contributed by atoms with Crippen LogP contribution in [0.15, 0.2) is 11.6 Å². The van der Waals surface area contributed by atoms with Crippen LogP contribution in [0.4, 0.5) is 0 Å². The van der Waals surface area contributed by atoms with Gasteiger partial charge in [-0.25, -0.2) is 4.98 Å². The molecule has 4 heteroatoms. The first kappa shape index (κ1) is 12.6. The molecule has 0 saturated carbocycles. The lowest BCUT2D eigenvalue weighted by Gasteiger charge is -2.21. The number of aliphatic hydroxyl groups excluding tert-OH is 1. The van der Waals surface area contributed by atoms with Crippen molar-refractivity contribution in [2.24, 2.45) is 5.92 Å². The van der Waals surface area contributed by atoms with Crippen molar-refractivity contribution in [3.8, 4) is 0 Å². The van der Waals surface area contributed by atoms with Gasteiger partial charge in [0.05, 0.1) is 12.6 Å². The van der Waals surface area contributed by atoms with E-state index in [1.165, 1.54) is 0 Å². The quantitative estimate of drug-likeness (QED) is 0.784. The fourth-order valence-corrected chi connectivity index (χ4v) is 2.29. The maximum atomic E-state index is 9.24. The summed E-state index contributed by atoms with van der Waals surface area (Å²) in [6.45, 7) is 6.60. The summed E-state index contributed by atoms with van der Waals surface area (Å²) in [5, 5.41) is 15.7. The molecule has 0 spiro atoms. The normalized spacial score (nSPS) is 15.5. The summed E-state index contributed by atoms with van der Waals surface area (Å²) in [6, 6.07) is 0.393. The molecule has 0 aliphatic heterocycles. The van der Waals surface area contributed by atoms with E-state index in [1.807, 2.05) is 11.6 Å². The number of hydrogen-bond donors (Lipinski definition) is 2. The van der Waals surface area contributed by atoms with Crippen molar-refractivity contribution in [3.05, 3.63) is 16.6 Å². The number of aliphatic hydroxyl groups is 1. The highest BCUT2D eigenvalue weighted by molar-refractivity contribution is 7.09. The Hall–Kier alpha value is -0.450. The molecule has 3 nitrogen and oxygen atoms in total. The van der Waals surface area contributed by atoms with Gasteiger partial charge in [-0.15, -0.1) is 11.3 Å². The number of nitrogens with zero attached hydrogens (tertiary/aromatic N) is 1. The molecule has 0 bridgehead atoms. The van der Waals surface area contributed by atoms with Crippen molar-refractivity contribution in [1.29, 1.82) is 0 Å². The van der Waals surface area contributed by atoms with E-state index >= 15 is 0 Å². The Morgan fingerprint density at radius 2 is 2.20 bits per heavy atom. The topological polar surface area (TPSA) is 45.1 Å². The van der Waals surface area contributed by atoms with E-state index in [1.54, 1.807) is 11.3 Å². The van der Waals surface area contributed by atoms with Gasteiger partial charge in [-0.05, 0) is 19.3 Å². The number of aromatic nitrogens is 1. The van der Waals surface area contributed by atoms with Crippen LogP contribution in [0.3, 0.4) is 0 Å². The van der Waals surface area contributed by atoms with E-state index in [4.69, 9.17) is 0 Å². The summed E-state index contributed by atoms with van der Waals surface area (Å²) in [6.07, 6.45) is 2.81. The average molecular weight is 228 g/mol. The fraction of sp³-hybridized carbons (Fsp3) is 0.727. The first-order chi connectivity index (χ1) is 7.13. The van der Waals surface area contributed by atoms with E-state index in [2.05, 4.69) is 31.1 Å². The molecule has 1 aromatic heterocycles. The van der Waals surface area contributed by atoms with Crippen molar-refractivity contribution in [3.63, 3.8) is 0 Å². The van der Waals surface area contributed by atoms with E-state index in [9.17, 15) is 5.11 Å². The third kappa shape index (κ3) is 4.28. The second kappa shape index (κ2) is 6.20. The highest BCUT2D eigenvalue weighted by Gasteiger charge is 2.15. The maximum Gasteiger partial charge on any atom is 0.109 e. The molecule has 0 aliphatic rings. The third-order valence-corrected chi connectivity index (χ3v) is 3.24.